The fraction of sp³-hybridized carbons (Fsp3) is 0.562. The molecule has 0 aromatic heterocycles. The fourth-order valence-electron chi connectivity index (χ4n) is 2.70. The van der Waals surface area contributed by atoms with E-state index in [0.717, 1.165) is 18.7 Å². The van der Waals surface area contributed by atoms with Crippen LogP contribution in [0.4, 0.5) is 0 Å². The highest BCUT2D eigenvalue weighted by molar-refractivity contribution is 14.0. The van der Waals surface area contributed by atoms with Gasteiger partial charge in [0.1, 0.15) is 6.10 Å². The van der Waals surface area contributed by atoms with Gasteiger partial charge in [-0.25, -0.2) is 0 Å². The molecule has 1 aromatic carbocycles. The average Bonchev–Trinajstić information content (AvgIpc) is 2.48. The highest BCUT2D eigenvalue weighted by Crippen LogP contribution is 2.21. The van der Waals surface area contributed by atoms with Crippen LogP contribution in [0.2, 0.25) is 5.02 Å². The van der Waals surface area contributed by atoms with Crippen molar-refractivity contribution in [3.63, 3.8) is 0 Å². The van der Waals surface area contributed by atoms with E-state index in [2.05, 4.69) is 16.8 Å². The van der Waals surface area contributed by atoms with E-state index < -0.39 is 0 Å². The van der Waals surface area contributed by atoms with Crippen molar-refractivity contribution < 1.29 is 4.74 Å². The molecular formula is C16H25ClIN3O. The zero-order chi connectivity index (χ0) is 15.2. The first-order valence-corrected chi connectivity index (χ1v) is 7.81. The summed E-state index contributed by atoms with van der Waals surface area (Å²) in [6.45, 7) is 4.75. The molecule has 0 saturated carbocycles. The summed E-state index contributed by atoms with van der Waals surface area (Å²) in [4.78, 5) is 6.68. The molecule has 22 heavy (non-hydrogen) atoms. The maximum atomic E-state index is 6.12. The van der Waals surface area contributed by atoms with Crippen LogP contribution in [0.1, 0.15) is 31.4 Å². The van der Waals surface area contributed by atoms with Gasteiger partial charge in [0.2, 0.25) is 0 Å². The van der Waals surface area contributed by atoms with Crippen LogP contribution in [-0.2, 0) is 4.74 Å². The SMILES string of the molecule is COC(CN=C(N)N1CCCC(C)C1)c1cccc(Cl)c1.I. The second-order valence-electron chi connectivity index (χ2n) is 5.67. The molecular weight excluding hydrogens is 413 g/mol. The van der Waals surface area contributed by atoms with E-state index >= 15 is 0 Å². The summed E-state index contributed by atoms with van der Waals surface area (Å²) in [5.74, 6) is 1.30. The number of hydrogen-bond acceptors (Lipinski definition) is 2. The van der Waals surface area contributed by atoms with E-state index in [1.807, 2.05) is 24.3 Å². The van der Waals surface area contributed by atoms with Crippen molar-refractivity contribution in [2.45, 2.75) is 25.9 Å². The van der Waals surface area contributed by atoms with Crippen LogP contribution in [0, 0.1) is 5.92 Å². The van der Waals surface area contributed by atoms with Crippen molar-refractivity contribution in [2.24, 2.45) is 16.6 Å². The minimum Gasteiger partial charge on any atom is -0.375 e. The van der Waals surface area contributed by atoms with Gasteiger partial charge in [0.25, 0.3) is 0 Å². The highest BCUT2D eigenvalue weighted by atomic mass is 127. The van der Waals surface area contributed by atoms with E-state index in [-0.39, 0.29) is 30.1 Å². The third kappa shape index (κ3) is 5.59. The summed E-state index contributed by atoms with van der Waals surface area (Å²) in [6, 6.07) is 7.67. The predicted molar refractivity (Wildman–Crippen MR) is 103 cm³/mol. The predicted octanol–water partition coefficient (Wildman–Crippen LogP) is 3.69. The van der Waals surface area contributed by atoms with Crippen LogP contribution < -0.4 is 5.73 Å². The Hall–Kier alpha value is -0.530. The molecule has 4 nitrogen and oxygen atoms in total. The lowest BCUT2D eigenvalue weighted by Gasteiger charge is -2.31. The number of likely N-dealkylation sites (tertiary alicyclic amines) is 1. The van der Waals surface area contributed by atoms with Crippen molar-refractivity contribution in [2.75, 3.05) is 26.7 Å². The number of methoxy groups -OCH3 is 1. The van der Waals surface area contributed by atoms with E-state index in [1.54, 1.807) is 7.11 Å². The quantitative estimate of drug-likeness (QED) is 0.444. The molecule has 0 radical (unpaired) electrons. The third-order valence-electron chi connectivity index (χ3n) is 3.91. The van der Waals surface area contributed by atoms with Crippen LogP contribution >= 0.6 is 35.6 Å². The molecule has 0 amide bonds. The van der Waals surface area contributed by atoms with Gasteiger partial charge in [0, 0.05) is 25.2 Å². The van der Waals surface area contributed by atoms with Crippen LogP contribution in [0.25, 0.3) is 0 Å². The number of guanidine groups is 1. The topological polar surface area (TPSA) is 50.9 Å². The number of halogens is 2. The van der Waals surface area contributed by atoms with E-state index in [4.69, 9.17) is 22.1 Å². The Morgan fingerprint density at radius 1 is 1.55 bits per heavy atom. The molecule has 1 saturated heterocycles. The monoisotopic (exact) mass is 437 g/mol. The highest BCUT2D eigenvalue weighted by Gasteiger charge is 2.18. The Morgan fingerprint density at radius 3 is 2.95 bits per heavy atom. The van der Waals surface area contributed by atoms with Crippen molar-refractivity contribution in [1.82, 2.24) is 4.90 Å². The van der Waals surface area contributed by atoms with Crippen molar-refractivity contribution in [3.05, 3.63) is 34.9 Å². The molecule has 2 atom stereocenters. The Kier molecular flexibility index (Phi) is 8.49. The maximum Gasteiger partial charge on any atom is 0.191 e. The summed E-state index contributed by atoms with van der Waals surface area (Å²) >= 11 is 6.02. The van der Waals surface area contributed by atoms with E-state index in [0.29, 0.717) is 23.4 Å². The Balaban J connectivity index is 0.00000242. The van der Waals surface area contributed by atoms with E-state index in [9.17, 15) is 0 Å². The Morgan fingerprint density at radius 2 is 2.32 bits per heavy atom. The molecule has 2 N–H and O–H groups in total. The number of nitrogens with zero attached hydrogens (tertiary/aromatic N) is 2. The fourth-order valence-corrected chi connectivity index (χ4v) is 2.90. The molecule has 1 aromatic rings. The second-order valence-corrected chi connectivity index (χ2v) is 6.11. The van der Waals surface area contributed by atoms with Crippen LogP contribution in [0.15, 0.2) is 29.3 Å². The summed E-state index contributed by atoms with van der Waals surface area (Å²) < 4.78 is 5.51. The largest absolute Gasteiger partial charge is 0.375 e. The number of rotatable bonds is 4. The van der Waals surface area contributed by atoms with Crippen molar-refractivity contribution in [3.8, 4) is 0 Å². The zero-order valence-electron chi connectivity index (χ0n) is 13.2. The average molecular weight is 438 g/mol. The van der Waals surface area contributed by atoms with Gasteiger partial charge < -0.3 is 15.4 Å². The minimum atomic E-state index is -0.121. The number of piperidine rings is 1. The molecule has 1 heterocycles. The third-order valence-corrected chi connectivity index (χ3v) is 4.14. The number of aliphatic imine (C=N–C) groups is 1. The summed E-state index contributed by atoms with van der Waals surface area (Å²) in [5.41, 5.74) is 7.14. The molecule has 1 fully saturated rings. The van der Waals surface area contributed by atoms with Gasteiger partial charge in [-0.3, -0.25) is 4.99 Å². The standard InChI is InChI=1S/C16H24ClN3O.HI/c1-12-5-4-8-20(11-12)16(18)19-10-15(21-2)13-6-3-7-14(17)9-13;/h3,6-7,9,12,15H,4-5,8,10-11H2,1-2H3,(H2,18,19);1H. The van der Waals surface area contributed by atoms with Gasteiger partial charge in [-0.1, -0.05) is 30.7 Å². The number of benzene rings is 1. The van der Waals surface area contributed by atoms with Gasteiger partial charge in [-0.15, -0.1) is 24.0 Å². The number of ether oxygens (including phenoxy) is 1. The zero-order valence-corrected chi connectivity index (χ0v) is 16.3. The lowest BCUT2D eigenvalue weighted by atomic mass is 10.0. The lowest BCUT2D eigenvalue weighted by molar-refractivity contribution is 0.110. The Bertz CT molecular complexity index is 498. The van der Waals surface area contributed by atoms with Gasteiger partial charge in [-0.2, -0.15) is 0 Å². The molecule has 2 unspecified atom stereocenters. The van der Waals surface area contributed by atoms with Gasteiger partial charge >= 0.3 is 0 Å². The normalized spacial score (nSPS) is 20.4. The Labute approximate surface area is 155 Å². The molecule has 0 spiro atoms. The smallest absolute Gasteiger partial charge is 0.191 e. The van der Waals surface area contributed by atoms with Crippen molar-refractivity contribution in [1.29, 1.82) is 0 Å². The first kappa shape index (κ1) is 19.5. The summed E-state index contributed by atoms with van der Waals surface area (Å²) in [7, 11) is 1.68. The lowest BCUT2D eigenvalue weighted by Crippen LogP contribution is -2.43. The molecule has 0 bridgehead atoms. The molecule has 6 heteroatoms. The number of hydrogen-bond donors (Lipinski definition) is 1. The summed E-state index contributed by atoms with van der Waals surface area (Å²) in [6.07, 6.45) is 2.33. The van der Waals surface area contributed by atoms with Gasteiger partial charge in [0.05, 0.1) is 6.54 Å². The van der Waals surface area contributed by atoms with Gasteiger partial charge in [0.15, 0.2) is 5.96 Å². The molecule has 1 aliphatic rings. The molecule has 1 aliphatic heterocycles. The van der Waals surface area contributed by atoms with Gasteiger partial charge in [-0.05, 0) is 36.5 Å². The van der Waals surface area contributed by atoms with Crippen LogP contribution in [0.5, 0.6) is 0 Å². The van der Waals surface area contributed by atoms with Crippen molar-refractivity contribution >= 4 is 41.5 Å². The first-order valence-electron chi connectivity index (χ1n) is 7.43. The maximum absolute atomic E-state index is 6.12. The van der Waals surface area contributed by atoms with Crippen LogP contribution in [-0.4, -0.2) is 37.6 Å². The minimum absolute atomic E-state index is 0. The molecule has 0 aliphatic carbocycles. The molecule has 124 valence electrons. The summed E-state index contributed by atoms with van der Waals surface area (Å²) in [5, 5.41) is 0.705. The van der Waals surface area contributed by atoms with Crippen LogP contribution in [0.3, 0.4) is 0 Å². The second kappa shape index (κ2) is 9.57. The molecule has 2 rings (SSSR count). The number of nitrogens with two attached hydrogens (primary N) is 1. The first-order chi connectivity index (χ1) is 10.1. The van der Waals surface area contributed by atoms with E-state index in [1.165, 1.54) is 12.8 Å².